The molecule has 3 aromatic carbocycles. The van der Waals surface area contributed by atoms with Crippen molar-refractivity contribution in [1.82, 2.24) is 16.0 Å². The Hall–Kier alpha value is -3.02. The minimum absolute atomic E-state index is 0.00257. The molecule has 0 saturated heterocycles. The summed E-state index contributed by atoms with van der Waals surface area (Å²) in [4.78, 5) is 12.7. The predicted molar refractivity (Wildman–Crippen MR) is 150 cm³/mol. The first kappa shape index (κ1) is 29.0. The van der Waals surface area contributed by atoms with E-state index in [0.29, 0.717) is 0 Å². The van der Waals surface area contributed by atoms with Gasteiger partial charge in [-0.3, -0.25) is 9.11 Å². The van der Waals surface area contributed by atoms with Crippen LogP contribution in [0.2, 0.25) is 0 Å². The van der Waals surface area contributed by atoms with Crippen LogP contribution in [-0.4, -0.2) is 44.7 Å². The number of nitrogens with one attached hydrogen (secondary N) is 3. The number of carbonyl (C=O) groups excluding carboxylic acids is 1. The highest BCUT2D eigenvalue weighted by Crippen LogP contribution is 2.50. The molecule has 6 N–H and O–H groups in total. The van der Waals surface area contributed by atoms with E-state index in [4.69, 9.17) is 0 Å². The topological polar surface area (TPSA) is 114 Å². The van der Waals surface area contributed by atoms with E-state index in [1.807, 2.05) is 55.5 Å². The molecule has 0 radical (unpaired) electrons. The van der Waals surface area contributed by atoms with Gasteiger partial charge in [0.05, 0.1) is 29.7 Å². The SMILES string of the molecule is CCc1ccc2c(c1)[C@@H](NC[C@H](O)[C@H](Cc1cc(F)cc(F)c1)NC(=O)NCc1ccccc1)CS(O)(O)C2. The van der Waals surface area contributed by atoms with E-state index in [1.165, 1.54) is 12.1 Å². The van der Waals surface area contributed by atoms with Gasteiger partial charge in [-0.1, -0.05) is 55.5 Å². The van der Waals surface area contributed by atoms with Crippen molar-refractivity contribution in [2.75, 3.05) is 12.3 Å². The Kier molecular flexibility index (Phi) is 9.58. The first-order valence-corrected chi connectivity index (χ1v) is 14.8. The molecule has 10 heteroatoms. The van der Waals surface area contributed by atoms with Gasteiger partial charge in [-0.2, -0.15) is 10.6 Å². The number of urea groups is 1. The van der Waals surface area contributed by atoms with Crippen LogP contribution >= 0.6 is 10.6 Å². The van der Waals surface area contributed by atoms with Crippen LogP contribution in [0.1, 0.15) is 40.8 Å². The zero-order valence-corrected chi connectivity index (χ0v) is 22.6. The summed E-state index contributed by atoms with van der Waals surface area (Å²) in [5.41, 5.74) is 4.08. The molecule has 0 spiro atoms. The molecule has 7 nitrogen and oxygen atoms in total. The summed E-state index contributed by atoms with van der Waals surface area (Å²) in [5.74, 6) is -1.21. The van der Waals surface area contributed by atoms with Crippen LogP contribution in [0, 0.1) is 11.6 Å². The lowest BCUT2D eigenvalue weighted by Gasteiger charge is -2.42. The van der Waals surface area contributed by atoms with Crippen molar-refractivity contribution < 1.29 is 27.8 Å². The van der Waals surface area contributed by atoms with Gasteiger partial charge < -0.3 is 21.1 Å². The number of aliphatic hydroxyl groups is 1. The Bertz CT molecular complexity index is 1260. The molecule has 39 heavy (non-hydrogen) atoms. The normalized spacial score (nSPS) is 18.5. The third-order valence-electron chi connectivity index (χ3n) is 6.84. The van der Waals surface area contributed by atoms with E-state index in [-0.39, 0.29) is 36.6 Å². The second kappa shape index (κ2) is 12.9. The lowest BCUT2D eigenvalue weighted by Crippen LogP contribution is -2.52. The Morgan fingerprint density at radius 2 is 1.72 bits per heavy atom. The molecule has 1 aliphatic heterocycles. The molecular formula is C29H35F2N3O4S. The lowest BCUT2D eigenvalue weighted by molar-refractivity contribution is 0.123. The summed E-state index contributed by atoms with van der Waals surface area (Å²) in [6.45, 7) is 2.30. The molecule has 0 fully saturated rings. The monoisotopic (exact) mass is 559 g/mol. The molecule has 0 aromatic heterocycles. The van der Waals surface area contributed by atoms with Gasteiger partial charge in [0, 0.05) is 19.2 Å². The molecule has 4 rings (SSSR count). The van der Waals surface area contributed by atoms with Crippen molar-refractivity contribution in [3.63, 3.8) is 0 Å². The van der Waals surface area contributed by atoms with Crippen LogP contribution in [0.4, 0.5) is 13.6 Å². The number of rotatable bonds is 10. The van der Waals surface area contributed by atoms with Crippen molar-refractivity contribution >= 4 is 16.6 Å². The molecule has 1 heterocycles. The van der Waals surface area contributed by atoms with E-state index in [2.05, 4.69) is 16.0 Å². The van der Waals surface area contributed by atoms with Crippen molar-refractivity contribution in [1.29, 1.82) is 0 Å². The van der Waals surface area contributed by atoms with Crippen LogP contribution in [0.5, 0.6) is 0 Å². The number of aliphatic hydroxyl groups excluding tert-OH is 1. The van der Waals surface area contributed by atoms with E-state index >= 15 is 0 Å². The quantitative estimate of drug-likeness (QED) is 0.212. The molecule has 210 valence electrons. The zero-order chi connectivity index (χ0) is 28.0. The molecule has 2 amide bonds. The number of hydrogen-bond donors (Lipinski definition) is 6. The van der Waals surface area contributed by atoms with Crippen molar-refractivity contribution in [2.45, 2.75) is 50.3 Å². The van der Waals surface area contributed by atoms with Gasteiger partial charge >= 0.3 is 6.03 Å². The van der Waals surface area contributed by atoms with Gasteiger partial charge in [-0.05, 0) is 52.8 Å². The van der Waals surface area contributed by atoms with Gasteiger partial charge in [0.2, 0.25) is 0 Å². The smallest absolute Gasteiger partial charge is 0.315 e. The first-order chi connectivity index (χ1) is 18.6. The summed E-state index contributed by atoms with van der Waals surface area (Å²) < 4.78 is 48.7. The van der Waals surface area contributed by atoms with Crippen molar-refractivity contribution in [2.24, 2.45) is 0 Å². The van der Waals surface area contributed by atoms with Crippen LogP contribution < -0.4 is 16.0 Å². The van der Waals surface area contributed by atoms with Gasteiger partial charge in [-0.15, -0.1) is 0 Å². The maximum absolute atomic E-state index is 13.9. The minimum Gasteiger partial charge on any atom is -0.390 e. The largest absolute Gasteiger partial charge is 0.390 e. The van der Waals surface area contributed by atoms with Crippen molar-refractivity contribution in [3.8, 4) is 0 Å². The fourth-order valence-corrected chi connectivity index (χ4v) is 6.53. The molecule has 1 aliphatic rings. The maximum atomic E-state index is 13.9. The number of halogens is 2. The number of benzene rings is 3. The number of fused-ring (bicyclic) bond motifs is 1. The number of hydrogen-bond acceptors (Lipinski definition) is 5. The number of carbonyl (C=O) groups is 1. The summed E-state index contributed by atoms with van der Waals surface area (Å²) >= 11 is 0. The second-order valence-corrected chi connectivity index (χ2v) is 12.2. The van der Waals surface area contributed by atoms with E-state index < -0.39 is 46.4 Å². The Morgan fingerprint density at radius 1 is 1.00 bits per heavy atom. The van der Waals surface area contributed by atoms with Crippen LogP contribution in [0.15, 0.2) is 66.7 Å². The standard InChI is InChI=1S/C29H35F2N3O4S/c1-2-19-8-9-22-17-39(37,38)18-27(25(22)12-19)32-16-28(35)26(13-21-10-23(30)14-24(31)11-21)34-29(36)33-15-20-6-4-3-5-7-20/h3-12,14,26-28,32,35,37-38H,2,13,15-18H2,1H3,(H2,33,34,36)/t26-,27-,28-/m0/s1. The fraction of sp³-hybridized carbons (Fsp3) is 0.345. The Balaban J connectivity index is 1.48. The van der Waals surface area contributed by atoms with E-state index in [1.54, 1.807) is 0 Å². The van der Waals surface area contributed by atoms with Crippen LogP contribution in [-0.2, 0) is 25.1 Å². The fourth-order valence-electron chi connectivity index (χ4n) is 4.82. The third kappa shape index (κ3) is 8.23. The summed E-state index contributed by atoms with van der Waals surface area (Å²) in [5, 5.41) is 19.9. The molecule has 0 bridgehead atoms. The predicted octanol–water partition coefficient (Wildman–Crippen LogP) is 4.89. The first-order valence-electron chi connectivity index (χ1n) is 12.9. The molecular weight excluding hydrogens is 524 g/mol. The third-order valence-corrected chi connectivity index (χ3v) is 8.48. The van der Waals surface area contributed by atoms with Gasteiger partial charge in [0.1, 0.15) is 11.6 Å². The van der Waals surface area contributed by atoms with Gasteiger partial charge in [0.15, 0.2) is 0 Å². The Labute approximate surface area is 229 Å². The molecule has 3 atom stereocenters. The summed E-state index contributed by atoms with van der Waals surface area (Å²) in [7, 11) is -2.85. The van der Waals surface area contributed by atoms with Gasteiger partial charge in [-0.25, -0.2) is 13.6 Å². The summed E-state index contributed by atoms with van der Waals surface area (Å²) in [6.07, 6.45) is -0.347. The highest BCUT2D eigenvalue weighted by Gasteiger charge is 2.31. The highest BCUT2D eigenvalue weighted by atomic mass is 32.3. The average Bonchev–Trinajstić information content (AvgIpc) is 2.89. The molecule has 3 aromatic rings. The maximum Gasteiger partial charge on any atom is 0.315 e. The lowest BCUT2D eigenvalue weighted by atomic mass is 9.97. The van der Waals surface area contributed by atoms with Crippen molar-refractivity contribution in [3.05, 3.63) is 106 Å². The van der Waals surface area contributed by atoms with E-state index in [9.17, 15) is 27.8 Å². The molecule has 0 unspecified atom stereocenters. The molecule has 0 aliphatic carbocycles. The second-order valence-electron chi connectivity index (χ2n) is 9.93. The van der Waals surface area contributed by atoms with Crippen LogP contribution in [0.25, 0.3) is 0 Å². The average molecular weight is 560 g/mol. The Morgan fingerprint density at radius 3 is 2.41 bits per heavy atom. The number of aryl methyl sites for hydroxylation is 1. The minimum atomic E-state index is -2.85. The van der Waals surface area contributed by atoms with Crippen LogP contribution in [0.3, 0.4) is 0 Å². The highest BCUT2D eigenvalue weighted by molar-refractivity contribution is 8.23. The molecule has 0 saturated carbocycles. The zero-order valence-electron chi connectivity index (χ0n) is 21.7. The number of amides is 2. The van der Waals surface area contributed by atoms with E-state index in [0.717, 1.165) is 34.7 Å². The summed E-state index contributed by atoms with van der Waals surface area (Å²) in [6, 6.07) is 16.5. The van der Waals surface area contributed by atoms with Gasteiger partial charge in [0.25, 0.3) is 0 Å².